The normalized spacial score (nSPS) is 12.3. The van der Waals surface area contributed by atoms with E-state index < -0.39 is 0 Å². The fourth-order valence-electron chi connectivity index (χ4n) is 8.27. The number of ether oxygens (including phenoxy) is 1. The van der Waals surface area contributed by atoms with Gasteiger partial charge in [0.1, 0.15) is 11.5 Å². The lowest BCUT2D eigenvalue weighted by Crippen LogP contribution is -2.13. The molecular formula is C47H32OSi. The standard InChI is InChI=1S/C47H32OSi/c1-49-44-27-26-40-34-23-22-30(28-43(34)48-42-21-11-20-41(44)47(40)42)45-35-16-7-9-18-37(35)46(38-19-10-8-17-36(38)45)39-25-24-31(29-12-3-2-4-13-29)32-14-5-6-15-33(32)39/h2-28H,49H2,1H3. The smallest absolute Gasteiger partial charge is 0.135 e. The molecule has 0 aliphatic carbocycles. The summed E-state index contributed by atoms with van der Waals surface area (Å²) in [5, 5.41) is 11.6. The average molecular weight is 641 g/mol. The van der Waals surface area contributed by atoms with Crippen LogP contribution in [-0.4, -0.2) is 9.52 Å². The minimum absolute atomic E-state index is 0.309. The van der Waals surface area contributed by atoms with Crippen LogP contribution >= 0.6 is 0 Å². The van der Waals surface area contributed by atoms with Crippen molar-refractivity contribution in [3.63, 3.8) is 0 Å². The zero-order valence-corrected chi connectivity index (χ0v) is 28.6. The lowest BCUT2D eigenvalue weighted by Gasteiger charge is -2.24. The molecule has 0 radical (unpaired) electrons. The Bertz CT molecular complexity index is 2720. The van der Waals surface area contributed by atoms with Gasteiger partial charge in [-0.1, -0.05) is 157 Å². The summed E-state index contributed by atoms with van der Waals surface area (Å²) >= 11 is 0. The predicted molar refractivity (Wildman–Crippen MR) is 212 cm³/mol. The topological polar surface area (TPSA) is 9.23 Å². The van der Waals surface area contributed by atoms with Crippen LogP contribution in [0.5, 0.6) is 11.5 Å². The van der Waals surface area contributed by atoms with Crippen LogP contribution in [-0.2, 0) is 0 Å². The Balaban J connectivity index is 1.22. The molecule has 1 aliphatic rings. The van der Waals surface area contributed by atoms with Gasteiger partial charge in [-0.2, -0.15) is 0 Å². The van der Waals surface area contributed by atoms with Crippen molar-refractivity contribution in [2.24, 2.45) is 0 Å². The van der Waals surface area contributed by atoms with E-state index in [0.29, 0.717) is 0 Å². The summed E-state index contributed by atoms with van der Waals surface area (Å²) in [5.41, 5.74) is 9.84. The fraction of sp³-hybridized carbons (Fsp3) is 0.0213. The summed E-state index contributed by atoms with van der Waals surface area (Å²) in [6, 6.07) is 60.0. The third-order valence-electron chi connectivity index (χ3n) is 10.5. The highest BCUT2D eigenvalue weighted by molar-refractivity contribution is 6.56. The van der Waals surface area contributed by atoms with Crippen LogP contribution < -0.4 is 9.92 Å². The number of hydrogen-bond donors (Lipinski definition) is 0. The molecule has 0 bridgehead atoms. The van der Waals surface area contributed by atoms with E-state index in [1.54, 1.807) is 0 Å². The lowest BCUT2D eigenvalue weighted by atomic mass is 9.83. The van der Waals surface area contributed by atoms with E-state index in [0.717, 1.165) is 22.6 Å². The molecule has 10 rings (SSSR count). The second-order valence-electron chi connectivity index (χ2n) is 13.0. The summed E-state index contributed by atoms with van der Waals surface area (Å²) in [7, 11) is -0.309. The van der Waals surface area contributed by atoms with Crippen molar-refractivity contribution >= 4 is 57.8 Å². The molecule has 9 aromatic carbocycles. The van der Waals surface area contributed by atoms with E-state index >= 15 is 0 Å². The maximum Gasteiger partial charge on any atom is 0.135 e. The highest BCUT2D eigenvalue weighted by Gasteiger charge is 2.24. The van der Waals surface area contributed by atoms with E-state index in [1.165, 1.54) is 81.7 Å². The molecule has 1 heterocycles. The summed E-state index contributed by atoms with van der Waals surface area (Å²) in [6.45, 7) is 2.36. The van der Waals surface area contributed by atoms with Crippen molar-refractivity contribution in [1.82, 2.24) is 0 Å². The van der Waals surface area contributed by atoms with Crippen molar-refractivity contribution in [3.8, 4) is 56.0 Å². The third-order valence-corrected chi connectivity index (χ3v) is 11.8. The monoisotopic (exact) mass is 640 g/mol. The van der Waals surface area contributed by atoms with Crippen LogP contribution in [0, 0.1) is 0 Å². The van der Waals surface area contributed by atoms with Gasteiger partial charge in [-0.25, -0.2) is 0 Å². The molecule has 1 nitrogen and oxygen atoms in total. The van der Waals surface area contributed by atoms with Crippen molar-refractivity contribution in [3.05, 3.63) is 164 Å². The predicted octanol–water partition coefficient (Wildman–Crippen LogP) is 11.9. The van der Waals surface area contributed by atoms with E-state index in [-0.39, 0.29) is 9.52 Å². The summed E-state index contributed by atoms with van der Waals surface area (Å²) in [6.07, 6.45) is 0. The first-order valence-corrected chi connectivity index (χ1v) is 19.3. The van der Waals surface area contributed by atoms with Crippen LogP contribution in [0.1, 0.15) is 0 Å². The van der Waals surface area contributed by atoms with E-state index in [9.17, 15) is 0 Å². The second kappa shape index (κ2) is 11.1. The first-order valence-electron chi connectivity index (χ1n) is 17.2. The van der Waals surface area contributed by atoms with Gasteiger partial charge in [-0.05, 0) is 94.8 Å². The van der Waals surface area contributed by atoms with Crippen molar-refractivity contribution < 1.29 is 4.74 Å². The van der Waals surface area contributed by atoms with Crippen LogP contribution in [0.2, 0.25) is 6.55 Å². The molecule has 0 amide bonds. The van der Waals surface area contributed by atoms with Gasteiger partial charge in [0, 0.05) is 10.9 Å². The molecule has 1 aliphatic heterocycles. The Kier molecular flexibility index (Phi) is 6.33. The highest BCUT2D eigenvalue weighted by Crippen LogP contribution is 2.50. The van der Waals surface area contributed by atoms with Crippen molar-refractivity contribution in [1.29, 1.82) is 0 Å². The Morgan fingerprint density at radius 2 is 0.918 bits per heavy atom. The molecule has 2 heteroatoms. The van der Waals surface area contributed by atoms with Crippen LogP contribution in [0.3, 0.4) is 0 Å². The van der Waals surface area contributed by atoms with Gasteiger partial charge >= 0.3 is 0 Å². The molecule has 0 saturated heterocycles. The summed E-state index contributed by atoms with van der Waals surface area (Å²) in [4.78, 5) is 0. The minimum atomic E-state index is -0.309. The zero-order chi connectivity index (χ0) is 32.5. The molecule has 230 valence electrons. The van der Waals surface area contributed by atoms with Crippen molar-refractivity contribution in [2.75, 3.05) is 0 Å². The molecule has 0 aromatic heterocycles. The van der Waals surface area contributed by atoms with Crippen LogP contribution in [0.15, 0.2) is 164 Å². The Hall–Kier alpha value is -5.96. The third kappa shape index (κ3) is 4.24. The molecule has 49 heavy (non-hydrogen) atoms. The molecule has 0 fully saturated rings. The molecule has 0 atom stereocenters. The lowest BCUT2D eigenvalue weighted by molar-refractivity contribution is 0.487. The zero-order valence-electron chi connectivity index (χ0n) is 27.2. The largest absolute Gasteiger partial charge is 0.456 e. The van der Waals surface area contributed by atoms with Gasteiger partial charge in [0.2, 0.25) is 0 Å². The van der Waals surface area contributed by atoms with Crippen molar-refractivity contribution in [2.45, 2.75) is 6.55 Å². The van der Waals surface area contributed by atoms with Gasteiger partial charge < -0.3 is 4.74 Å². The fourth-order valence-corrected chi connectivity index (χ4v) is 9.30. The SMILES string of the molecule is C[SiH2]c1ccc2c3c(cccc13)Oc1cc(-c3c4ccccc4c(-c4ccc(-c5ccccc5)c5ccccc45)c4ccccc34)ccc1-2. The Labute approximate surface area is 287 Å². The molecular weight excluding hydrogens is 609 g/mol. The maximum atomic E-state index is 6.74. The molecule has 0 saturated carbocycles. The first-order chi connectivity index (χ1) is 24.3. The molecule has 0 N–H and O–H groups in total. The van der Waals surface area contributed by atoms with Crippen LogP contribution in [0.4, 0.5) is 0 Å². The van der Waals surface area contributed by atoms with Gasteiger partial charge in [-0.3, -0.25) is 0 Å². The van der Waals surface area contributed by atoms with E-state index in [4.69, 9.17) is 4.74 Å². The first kappa shape index (κ1) is 28.1. The summed E-state index contributed by atoms with van der Waals surface area (Å²) in [5.74, 6) is 1.87. The van der Waals surface area contributed by atoms with E-state index in [1.807, 2.05) is 0 Å². The molecule has 9 aromatic rings. The molecule has 0 spiro atoms. The highest BCUT2D eigenvalue weighted by atomic mass is 28.2. The number of hydrogen-bond acceptors (Lipinski definition) is 1. The summed E-state index contributed by atoms with van der Waals surface area (Å²) < 4.78 is 6.74. The quantitative estimate of drug-likeness (QED) is 0.137. The number of rotatable bonds is 4. The van der Waals surface area contributed by atoms with Crippen LogP contribution in [0.25, 0.3) is 87.6 Å². The van der Waals surface area contributed by atoms with Gasteiger partial charge in [-0.15, -0.1) is 0 Å². The average Bonchev–Trinajstić information content (AvgIpc) is 3.17. The Morgan fingerprint density at radius 3 is 1.61 bits per heavy atom. The minimum Gasteiger partial charge on any atom is -0.456 e. The van der Waals surface area contributed by atoms with Gasteiger partial charge in [0.05, 0.1) is 9.52 Å². The maximum absolute atomic E-state index is 6.74. The van der Waals surface area contributed by atoms with Gasteiger partial charge in [0.15, 0.2) is 0 Å². The van der Waals surface area contributed by atoms with Gasteiger partial charge in [0.25, 0.3) is 0 Å². The van der Waals surface area contributed by atoms with E-state index in [2.05, 4.69) is 170 Å². The molecule has 0 unspecified atom stereocenters. The second-order valence-corrected chi connectivity index (χ2v) is 14.5. The number of benzene rings is 9. The number of fused-ring (bicyclic) bond motifs is 5. The Morgan fingerprint density at radius 1 is 0.367 bits per heavy atom.